The number of ether oxygens (including phenoxy) is 3. The number of alkyl carbamates (subject to hydrolysis) is 1. The summed E-state index contributed by atoms with van der Waals surface area (Å²) in [6.45, 7) is 8.00. The van der Waals surface area contributed by atoms with Gasteiger partial charge in [0, 0.05) is 31.7 Å². The van der Waals surface area contributed by atoms with E-state index in [1.807, 2.05) is 18.2 Å². The quantitative estimate of drug-likeness (QED) is 0.0131. The fourth-order valence-corrected chi connectivity index (χ4v) is 7.90. The van der Waals surface area contributed by atoms with Crippen molar-refractivity contribution in [3.05, 3.63) is 24.3 Å². The molecule has 0 spiro atoms. The summed E-state index contributed by atoms with van der Waals surface area (Å²) >= 11 is 0. The van der Waals surface area contributed by atoms with Gasteiger partial charge in [-0.05, 0) is 58.8 Å². The van der Waals surface area contributed by atoms with Crippen molar-refractivity contribution in [2.45, 2.75) is 212 Å². The standard InChI is InChI=1S/C46H84NO13P/c1-6-8-10-11-12-13-14-15-16-17-18-19-24-28-43(51)56-35-38(36-58-61(54,55)57-33-32-47-45(53)60-46(3,4)5)59-44(52)29-25-21-20-23-27-39-40(42(50)34-41(39)49)31-30-37(48)26-22-9-7-2/h20,23,30-31,37-42,48-50H,6-19,21-22,24-29,32-36H2,1-5H3,(H,47,53)(H,54,55)/b23-20-,31-30+/t37-,38+,39-,40+,41-,42+/m0/s1. The van der Waals surface area contributed by atoms with Gasteiger partial charge in [-0.15, -0.1) is 0 Å². The van der Waals surface area contributed by atoms with Gasteiger partial charge in [0.2, 0.25) is 0 Å². The van der Waals surface area contributed by atoms with Crippen molar-refractivity contribution in [3.8, 4) is 0 Å². The van der Waals surface area contributed by atoms with Crippen LogP contribution in [0.15, 0.2) is 24.3 Å². The Labute approximate surface area is 367 Å². The predicted molar refractivity (Wildman–Crippen MR) is 238 cm³/mol. The van der Waals surface area contributed by atoms with Gasteiger partial charge in [0.15, 0.2) is 6.10 Å². The molecule has 15 heteroatoms. The number of rotatable bonds is 36. The third-order valence-corrected chi connectivity index (χ3v) is 11.5. The van der Waals surface area contributed by atoms with E-state index in [-0.39, 0.29) is 50.9 Å². The molecule has 0 saturated heterocycles. The lowest BCUT2D eigenvalue weighted by molar-refractivity contribution is -0.161. The second-order valence-corrected chi connectivity index (χ2v) is 18.9. The van der Waals surface area contributed by atoms with Crippen molar-refractivity contribution in [1.82, 2.24) is 5.32 Å². The molecule has 1 aliphatic rings. The van der Waals surface area contributed by atoms with Gasteiger partial charge in [-0.2, -0.15) is 0 Å². The molecule has 0 aliphatic heterocycles. The zero-order valence-corrected chi connectivity index (χ0v) is 39.2. The lowest BCUT2D eigenvalue weighted by Crippen LogP contribution is -2.34. The van der Waals surface area contributed by atoms with Crippen LogP contribution in [0, 0.1) is 11.8 Å². The molecule has 61 heavy (non-hydrogen) atoms. The van der Waals surface area contributed by atoms with Crippen LogP contribution >= 0.6 is 7.82 Å². The molecule has 1 unspecified atom stereocenters. The van der Waals surface area contributed by atoms with Gasteiger partial charge in [0.25, 0.3) is 0 Å². The molecule has 0 aromatic carbocycles. The average molecular weight is 890 g/mol. The summed E-state index contributed by atoms with van der Waals surface area (Å²) < 4.78 is 38.6. The maximum atomic E-state index is 12.8. The number of allylic oxidation sites excluding steroid dienone is 2. The second kappa shape index (κ2) is 34.1. The van der Waals surface area contributed by atoms with Crippen LogP contribution in [0.2, 0.25) is 0 Å². The minimum atomic E-state index is -4.64. The first kappa shape index (κ1) is 56.7. The van der Waals surface area contributed by atoms with Gasteiger partial charge in [-0.25, -0.2) is 9.36 Å². The highest BCUT2D eigenvalue weighted by atomic mass is 31.2. The number of amides is 1. The number of phosphoric ester groups is 1. The molecule has 7 atom stereocenters. The van der Waals surface area contributed by atoms with Crippen LogP contribution < -0.4 is 5.32 Å². The first-order chi connectivity index (χ1) is 29.1. The highest BCUT2D eigenvalue weighted by Gasteiger charge is 2.39. The molecule has 0 heterocycles. The minimum Gasteiger partial charge on any atom is -0.462 e. The number of esters is 2. The molecule has 0 radical (unpaired) electrons. The number of hydrogen-bond acceptors (Lipinski definition) is 12. The Morgan fingerprint density at radius 1 is 0.770 bits per heavy atom. The Balaban J connectivity index is 2.58. The predicted octanol–water partition coefficient (Wildman–Crippen LogP) is 9.55. The number of carbonyl (C=O) groups excluding carboxylic acids is 3. The van der Waals surface area contributed by atoms with Crippen LogP contribution in [0.1, 0.15) is 182 Å². The van der Waals surface area contributed by atoms with E-state index >= 15 is 0 Å². The molecule has 5 N–H and O–H groups in total. The number of aliphatic hydroxyl groups excluding tert-OH is 3. The fraction of sp³-hybridized carbons (Fsp3) is 0.848. The number of unbranched alkanes of at least 4 members (excludes halogenated alkanes) is 15. The van der Waals surface area contributed by atoms with Crippen LogP contribution in [0.5, 0.6) is 0 Å². The molecule has 356 valence electrons. The van der Waals surface area contributed by atoms with E-state index in [0.717, 1.165) is 38.5 Å². The third kappa shape index (κ3) is 31.2. The highest BCUT2D eigenvalue weighted by molar-refractivity contribution is 7.47. The zero-order chi connectivity index (χ0) is 45.4. The van der Waals surface area contributed by atoms with Crippen LogP contribution in [0.25, 0.3) is 0 Å². The first-order valence-electron chi connectivity index (χ1n) is 23.4. The molecular weight excluding hydrogens is 805 g/mol. The lowest BCUT2D eigenvalue weighted by Gasteiger charge is -2.21. The molecule has 1 rings (SSSR count). The summed E-state index contributed by atoms with van der Waals surface area (Å²) in [7, 11) is -4.64. The van der Waals surface area contributed by atoms with E-state index in [1.165, 1.54) is 57.8 Å². The Hall–Kier alpha value is -2.32. The SMILES string of the molecule is CCCCCCCCCCCCCCCC(=O)OC[C@H](COP(=O)(O)OCCNC(=O)OC(C)(C)C)OC(=O)CCC/C=C\C[C@H]1[C@@H](/C=C/[C@@H](O)CCCCC)[C@H](O)C[C@@H]1O. The maximum absolute atomic E-state index is 12.8. The van der Waals surface area contributed by atoms with Crippen molar-refractivity contribution >= 4 is 25.9 Å². The number of aliphatic hydroxyl groups is 3. The average Bonchev–Trinajstić information content (AvgIpc) is 3.46. The van der Waals surface area contributed by atoms with Crippen molar-refractivity contribution in [2.75, 3.05) is 26.4 Å². The first-order valence-corrected chi connectivity index (χ1v) is 24.9. The zero-order valence-electron chi connectivity index (χ0n) is 38.3. The summed E-state index contributed by atoms with van der Waals surface area (Å²) in [5.41, 5.74) is -0.717. The number of nitrogens with one attached hydrogen (secondary N) is 1. The Morgan fingerprint density at radius 2 is 1.36 bits per heavy atom. The lowest BCUT2D eigenvalue weighted by atomic mass is 9.89. The number of carbonyl (C=O) groups is 3. The molecule has 0 aromatic heterocycles. The smallest absolute Gasteiger partial charge is 0.462 e. The van der Waals surface area contributed by atoms with E-state index < -0.39 is 62.5 Å². The van der Waals surface area contributed by atoms with Crippen LogP contribution in [-0.2, 0) is 37.4 Å². The van der Waals surface area contributed by atoms with Gasteiger partial charge >= 0.3 is 25.9 Å². The minimum absolute atomic E-state index is 0.0173. The van der Waals surface area contributed by atoms with Gasteiger partial charge in [0.05, 0.1) is 31.5 Å². The van der Waals surface area contributed by atoms with E-state index in [9.17, 15) is 39.2 Å². The van der Waals surface area contributed by atoms with Gasteiger partial charge in [-0.3, -0.25) is 18.6 Å². The van der Waals surface area contributed by atoms with Crippen molar-refractivity contribution in [3.63, 3.8) is 0 Å². The molecule has 1 amide bonds. The monoisotopic (exact) mass is 890 g/mol. The maximum Gasteiger partial charge on any atom is 0.472 e. The summed E-state index contributed by atoms with van der Waals surface area (Å²) in [5, 5.41) is 33.8. The Morgan fingerprint density at radius 3 is 1.98 bits per heavy atom. The second-order valence-electron chi connectivity index (χ2n) is 17.5. The molecular formula is C46H84NO13P. The molecule has 1 fully saturated rings. The molecule has 1 aliphatic carbocycles. The van der Waals surface area contributed by atoms with E-state index in [1.54, 1.807) is 26.8 Å². The largest absolute Gasteiger partial charge is 0.472 e. The summed E-state index contributed by atoms with van der Waals surface area (Å²) in [4.78, 5) is 47.5. The number of hydrogen-bond donors (Lipinski definition) is 5. The van der Waals surface area contributed by atoms with Crippen molar-refractivity contribution in [1.29, 1.82) is 0 Å². The Bertz CT molecular complexity index is 1270. The van der Waals surface area contributed by atoms with Gasteiger partial charge < -0.3 is 39.7 Å². The van der Waals surface area contributed by atoms with Gasteiger partial charge in [-0.1, -0.05) is 134 Å². The van der Waals surface area contributed by atoms with Crippen LogP contribution in [0.4, 0.5) is 4.79 Å². The molecule has 14 nitrogen and oxygen atoms in total. The third-order valence-electron chi connectivity index (χ3n) is 10.6. The molecule has 0 bridgehead atoms. The molecule has 0 aromatic rings. The Kier molecular flexibility index (Phi) is 31.7. The summed E-state index contributed by atoms with van der Waals surface area (Å²) in [5.74, 6) is -1.55. The number of phosphoric acid groups is 1. The highest BCUT2D eigenvalue weighted by Crippen LogP contribution is 2.43. The summed E-state index contributed by atoms with van der Waals surface area (Å²) in [6, 6.07) is 0. The topological polar surface area (TPSA) is 207 Å². The van der Waals surface area contributed by atoms with Crippen LogP contribution in [0.3, 0.4) is 0 Å². The van der Waals surface area contributed by atoms with Gasteiger partial charge in [0.1, 0.15) is 12.2 Å². The molecule has 1 saturated carbocycles. The van der Waals surface area contributed by atoms with E-state index in [2.05, 4.69) is 19.2 Å². The fourth-order valence-electron chi connectivity index (χ4n) is 7.15. The summed E-state index contributed by atoms with van der Waals surface area (Å²) in [6.07, 6.45) is 24.6. The van der Waals surface area contributed by atoms with Crippen molar-refractivity contribution < 1.29 is 62.4 Å². The van der Waals surface area contributed by atoms with E-state index in [4.69, 9.17) is 23.3 Å². The normalized spacial score (nSPS) is 20.1. The van der Waals surface area contributed by atoms with Crippen molar-refractivity contribution in [2.24, 2.45) is 11.8 Å². The van der Waals surface area contributed by atoms with Crippen LogP contribution in [-0.4, -0.2) is 94.6 Å². The van der Waals surface area contributed by atoms with E-state index in [0.29, 0.717) is 32.1 Å².